The maximum atomic E-state index is 14.2. The maximum Gasteiger partial charge on any atom is 0.328 e. The number of halogens is 3. The van der Waals surface area contributed by atoms with Gasteiger partial charge in [-0.1, -0.05) is 23.8 Å². The fourth-order valence-corrected chi connectivity index (χ4v) is 7.84. The van der Waals surface area contributed by atoms with Crippen molar-refractivity contribution < 1.29 is 38.2 Å². The second-order valence-corrected chi connectivity index (χ2v) is 12.0. The molecule has 2 heterocycles. The summed E-state index contributed by atoms with van der Waals surface area (Å²) in [5.41, 5.74) is 6.43. The summed E-state index contributed by atoms with van der Waals surface area (Å²) in [7, 11) is 0. The third kappa shape index (κ3) is 3.76. The molecule has 13 heteroatoms. The highest BCUT2D eigenvalue weighted by atomic mass is 35.5. The van der Waals surface area contributed by atoms with Crippen LogP contribution in [0.4, 0.5) is 14.9 Å². The molecule has 6 amide bonds. The van der Waals surface area contributed by atoms with Crippen LogP contribution in [0.1, 0.15) is 24.3 Å². The summed E-state index contributed by atoms with van der Waals surface area (Å²) < 4.78 is 19.2. The molecule has 218 valence electrons. The van der Waals surface area contributed by atoms with Gasteiger partial charge >= 0.3 is 6.03 Å². The minimum Gasteiger partial charge on any atom is -0.491 e. The standard InChI is InChI=1S/C29H24Cl2FN3O7/c30-28-13-20-18(9-10-19-21(20)24(38)35(23(19)37)27(33)41)22(14-1-7-17(8-2-14)42-12-11-36)29(28,31)26(40)34(25(28)39)16-5-3-15(32)4-6-16/h1-9,19-22,36H,10-13H2,(H2,33,41). The van der Waals surface area contributed by atoms with Crippen molar-refractivity contribution in [3.63, 3.8) is 0 Å². The van der Waals surface area contributed by atoms with Crippen molar-refractivity contribution in [3.05, 3.63) is 71.6 Å². The molecule has 10 nitrogen and oxygen atoms in total. The Morgan fingerprint density at radius 3 is 2.29 bits per heavy atom. The Balaban J connectivity index is 1.52. The van der Waals surface area contributed by atoms with Crippen LogP contribution in [0.15, 0.2) is 60.2 Å². The van der Waals surface area contributed by atoms with E-state index in [2.05, 4.69) is 0 Å². The molecule has 2 aliphatic heterocycles. The quantitative estimate of drug-likeness (QED) is 0.298. The third-order valence-electron chi connectivity index (χ3n) is 8.69. The predicted molar refractivity (Wildman–Crippen MR) is 147 cm³/mol. The van der Waals surface area contributed by atoms with Gasteiger partial charge in [-0.15, -0.1) is 23.2 Å². The highest BCUT2D eigenvalue weighted by molar-refractivity contribution is 6.58. The molecule has 6 unspecified atom stereocenters. The lowest BCUT2D eigenvalue weighted by Gasteiger charge is -2.50. The molecule has 2 aromatic rings. The number of benzene rings is 2. The van der Waals surface area contributed by atoms with E-state index in [0.717, 1.165) is 17.0 Å². The summed E-state index contributed by atoms with van der Waals surface area (Å²) >= 11 is 14.5. The van der Waals surface area contributed by atoms with Crippen LogP contribution in [-0.4, -0.2) is 62.6 Å². The normalized spacial score (nSPS) is 32.0. The van der Waals surface area contributed by atoms with E-state index in [9.17, 15) is 28.4 Å². The molecule has 1 saturated carbocycles. The predicted octanol–water partition coefficient (Wildman–Crippen LogP) is 2.84. The van der Waals surface area contributed by atoms with Gasteiger partial charge in [0, 0.05) is 5.92 Å². The van der Waals surface area contributed by atoms with Gasteiger partial charge in [-0.3, -0.25) is 19.2 Å². The highest BCUT2D eigenvalue weighted by Crippen LogP contribution is 2.65. The van der Waals surface area contributed by atoms with Crippen molar-refractivity contribution in [1.82, 2.24) is 4.90 Å². The van der Waals surface area contributed by atoms with E-state index in [1.807, 2.05) is 0 Å². The number of nitrogens with two attached hydrogens (primary N) is 1. The van der Waals surface area contributed by atoms with Crippen molar-refractivity contribution in [2.75, 3.05) is 18.1 Å². The number of carbonyl (C=O) groups is 5. The lowest BCUT2D eigenvalue weighted by molar-refractivity contribution is -0.136. The van der Waals surface area contributed by atoms with E-state index in [1.54, 1.807) is 30.3 Å². The highest BCUT2D eigenvalue weighted by Gasteiger charge is 2.76. The maximum absolute atomic E-state index is 14.2. The van der Waals surface area contributed by atoms with E-state index < -0.39 is 68.9 Å². The molecular weight excluding hydrogens is 592 g/mol. The van der Waals surface area contributed by atoms with Crippen LogP contribution in [0.25, 0.3) is 0 Å². The summed E-state index contributed by atoms with van der Waals surface area (Å²) in [5, 5.41) is 9.09. The van der Waals surface area contributed by atoms with Gasteiger partial charge in [0.2, 0.25) is 11.8 Å². The molecule has 42 heavy (non-hydrogen) atoms. The minimum absolute atomic E-state index is 0.0510. The number of carbonyl (C=O) groups excluding carboxylic acids is 5. The number of alkyl halides is 2. The molecule has 2 aliphatic carbocycles. The van der Waals surface area contributed by atoms with Crippen molar-refractivity contribution >= 4 is 58.5 Å². The Hall–Kier alpha value is -3.80. The van der Waals surface area contributed by atoms with Crippen molar-refractivity contribution in [1.29, 1.82) is 0 Å². The molecule has 6 rings (SSSR count). The molecule has 0 bridgehead atoms. The Morgan fingerprint density at radius 2 is 1.67 bits per heavy atom. The molecule has 3 N–H and O–H groups in total. The number of urea groups is 1. The minimum atomic E-state index is -2.09. The summed E-state index contributed by atoms with van der Waals surface area (Å²) in [6.07, 6.45) is 1.51. The summed E-state index contributed by atoms with van der Waals surface area (Å²) in [5.74, 6) is -7.21. The Kier molecular flexibility index (Phi) is 6.67. The fourth-order valence-electron chi connectivity index (χ4n) is 6.91. The van der Waals surface area contributed by atoms with Gasteiger partial charge in [-0.25, -0.2) is 14.1 Å². The van der Waals surface area contributed by atoms with Crippen molar-refractivity contribution in [3.8, 4) is 5.75 Å². The number of nitrogens with zero attached hydrogens (tertiary/aromatic N) is 2. The molecule has 2 saturated heterocycles. The van der Waals surface area contributed by atoms with Crippen LogP contribution in [0.2, 0.25) is 0 Å². The zero-order valence-corrected chi connectivity index (χ0v) is 23.3. The number of hydrogen-bond acceptors (Lipinski definition) is 7. The average molecular weight is 616 g/mol. The first kappa shape index (κ1) is 28.3. The number of aliphatic hydroxyl groups excluding tert-OH is 1. The molecule has 6 atom stereocenters. The number of aliphatic hydroxyl groups is 1. The van der Waals surface area contributed by atoms with E-state index in [-0.39, 0.29) is 31.7 Å². The van der Waals surface area contributed by atoms with Crippen LogP contribution in [0, 0.1) is 23.6 Å². The van der Waals surface area contributed by atoms with Crippen LogP contribution < -0.4 is 15.4 Å². The number of rotatable bonds is 5. The van der Waals surface area contributed by atoms with Crippen molar-refractivity contribution in [2.24, 2.45) is 23.5 Å². The molecule has 2 aromatic carbocycles. The fraction of sp³-hybridized carbons (Fsp3) is 0.345. The van der Waals surface area contributed by atoms with Gasteiger partial charge in [0.1, 0.15) is 18.2 Å². The van der Waals surface area contributed by atoms with E-state index in [4.69, 9.17) is 38.8 Å². The largest absolute Gasteiger partial charge is 0.491 e. The van der Waals surface area contributed by atoms with E-state index in [1.165, 1.54) is 12.1 Å². The number of imide groups is 4. The van der Waals surface area contributed by atoms with Crippen LogP contribution in [0.3, 0.4) is 0 Å². The number of hydrogen-bond donors (Lipinski definition) is 2. The molecule has 4 aliphatic rings. The first-order valence-electron chi connectivity index (χ1n) is 13.2. The van der Waals surface area contributed by atoms with E-state index >= 15 is 0 Å². The third-order valence-corrected chi connectivity index (χ3v) is 10.1. The zero-order valence-electron chi connectivity index (χ0n) is 21.8. The van der Waals surface area contributed by atoms with Crippen LogP contribution in [-0.2, 0) is 19.2 Å². The molecule has 0 radical (unpaired) electrons. The molecular formula is C29H24Cl2FN3O7. The smallest absolute Gasteiger partial charge is 0.328 e. The van der Waals surface area contributed by atoms with Gasteiger partial charge in [0.05, 0.1) is 24.1 Å². The first-order chi connectivity index (χ1) is 20.0. The van der Waals surface area contributed by atoms with E-state index in [0.29, 0.717) is 21.8 Å². The van der Waals surface area contributed by atoms with Gasteiger partial charge in [0.15, 0.2) is 9.75 Å². The number of anilines is 1. The first-order valence-corrected chi connectivity index (χ1v) is 13.9. The van der Waals surface area contributed by atoms with Gasteiger partial charge in [-0.05, 0) is 60.7 Å². The Labute approximate surface area is 248 Å². The summed E-state index contributed by atoms with van der Waals surface area (Å²) in [4.78, 5) is 63.9. The summed E-state index contributed by atoms with van der Waals surface area (Å²) in [6.45, 7) is -0.151. The van der Waals surface area contributed by atoms with Crippen LogP contribution >= 0.6 is 23.2 Å². The molecule has 0 aromatic heterocycles. The summed E-state index contributed by atoms with van der Waals surface area (Å²) in [6, 6.07) is 10.0. The number of primary amides is 1. The van der Waals surface area contributed by atoms with Crippen LogP contribution in [0.5, 0.6) is 5.75 Å². The molecule has 0 spiro atoms. The van der Waals surface area contributed by atoms with Gasteiger partial charge in [-0.2, -0.15) is 4.90 Å². The monoisotopic (exact) mass is 615 g/mol. The number of ether oxygens (including phenoxy) is 1. The van der Waals surface area contributed by atoms with Gasteiger partial charge < -0.3 is 15.6 Å². The average Bonchev–Trinajstić information content (AvgIpc) is 3.31. The second-order valence-electron chi connectivity index (χ2n) is 10.7. The van der Waals surface area contributed by atoms with Crippen molar-refractivity contribution in [2.45, 2.75) is 28.5 Å². The Morgan fingerprint density at radius 1 is 1.00 bits per heavy atom. The number of likely N-dealkylation sites (tertiary alicyclic amines) is 1. The lowest BCUT2D eigenvalue weighted by Crippen LogP contribution is -2.60. The number of allylic oxidation sites excluding steroid dienone is 2. The zero-order chi connectivity index (χ0) is 30.1. The number of fused-ring (bicyclic) bond motifs is 4. The number of amides is 6. The van der Waals surface area contributed by atoms with Gasteiger partial charge in [0.25, 0.3) is 11.8 Å². The lowest BCUT2D eigenvalue weighted by atomic mass is 9.56. The molecule has 3 fully saturated rings. The Bertz CT molecular complexity index is 1570. The SMILES string of the molecule is NC(=O)N1C(=O)C2CC=C3C(CC4(Cl)C(=O)N(c5ccc(F)cc5)C(=O)C4(Cl)C3c3ccc(OCCO)cc3)C2C1=O. The topological polar surface area (TPSA) is 147 Å². The second kappa shape index (κ2) is 9.89.